The van der Waals surface area contributed by atoms with Crippen LogP contribution in [0.5, 0.6) is 0 Å². The van der Waals surface area contributed by atoms with Gasteiger partial charge in [0.25, 0.3) is 0 Å². The summed E-state index contributed by atoms with van der Waals surface area (Å²) in [4.78, 5) is 4.17. The largest absolute Gasteiger partial charge is 0.306 e. The van der Waals surface area contributed by atoms with Gasteiger partial charge in [-0.05, 0) is 19.4 Å². The maximum Gasteiger partial charge on any atom is 0.164 e. The van der Waals surface area contributed by atoms with Crippen LogP contribution >= 0.6 is 0 Å². The molecule has 0 saturated heterocycles. The average molecular weight is 230 g/mol. The smallest absolute Gasteiger partial charge is 0.164 e. The molecule has 1 aromatic heterocycles. The Labute approximate surface area is 102 Å². The van der Waals surface area contributed by atoms with Crippen LogP contribution < -0.4 is 5.32 Å². The van der Waals surface area contributed by atoms with Crippen molar-refractivity contribution < 1.29 is 0 Å². The zero-order valence-electron chi connectivity index (χ0n) is 10.6. The molecule has 1 N–H and O–H groups in total. The number of aromatic nitrogens is 3. The lowest BCUT2D eigenvalue weighted by Gasteiger charge is -2.05. The average Bonchev–Trinajstić information content (AvgIpc) is 2.63. The summed E-state index contributed by atoms with van der Waals surface area (Å²) in [6, 6.07) is 6.58. The molecule has 0 saturated carbocycles. The summed E-state index contributed by atoms with van der Waals surface area (Å²) in [7, 11) is 1.88. The standard InChI is InChI=1S/C13H18N4/c1-10-4-11(2)6-12(5-10)7-14-8-13-15-9-17(3)16-13/h4-6,9,14H,7-8H2,1-3H3. The third-order valence-electron chi connectivity index (χ3n) is 2.54. The molecule has 0 aliphatic heterocycles. The van der Waals surface area contributed by atoms with Gasteiger partial charge in [0.05, 0.1) is 6.54 Å². The first-order valence-corrected chi connectivity index (χ1v) is 5.76. The Hall–Kier alpha value is -1.68. The van der Waals surface area contributed by atoms with Crippen LogP contribution in [0.25, 0.3) is 0 Å². The van der Waals surface area contributed by atoms with Crippen molar-refractivity contribution >= 4 is 0 Å². The molecule has 0 unspecified atom stereocenters. The van der Waals surface area contributed by atoms with Gasteiger partial charge < -0.3 is 5.32 Å². The number of hydrogen-bond acceptors (Lipinski definition) is 3. The summed E-state index contributed by atoms with van der Waals surface area (Å²) in [5, 5.41) is 7.57. The maximum atomic E-state index is 4.22. The molecule has 0 bridgehead atoms. The van der Waals surface area contributed by atoms with Gasteiger partial charge >= 0.3 is 0 Å². The summed E-state index contributed by atoms with van der Waals surface area (Å²) in [6.07, 6.45) is 1.72. The topological polar surface area (TPSA) is 42.7 Å². The Morgan fingerprint density at radius 3 is 2.41 bits per heavy atom. The first kappa shape index (κ1) is 11.8. The van der Waals surface area contributed by atoms with Crippen LogP contribution in [-0.2, 0) is 20.1 Å². The number of benzene rings is 1. The fourth-order valence-corrected chi connectivity index (χ4v) is 1.95. The highest BCUT2D eigenvalue weighted by Gasteiger charge is 1.99. The van der Waals surface area contributed by atoms with Gasteiger partial charge in [-0.2, -0.15) is 5.10 Å². The number of hydrogen-bond donors (Lipinski definition) is 1. The van der Waals surface area contributed by atoms with E-state index in [2.05, 4.69) is 47.4 Å². The van der Waals surface area contributed by atoms with Crippen LogP contribution in [0.15, 0.2) is 24.5 Å². The molecule has 1 heterocycles. The summed E-state index contributed by atoms with van der Waals surface area (Å²) in [5.41, 5.74) is 3.91. The monoisotopic (exact) mass is 230 g/mol. The molecular weight excluding hydrogens is 212 g/mol. The van der Waals surface area contributed by atoms with Crippen molar-refractivity contribution in [2.24, 2.45) is 7.05 Å². The molecule has 0 aliphatic carbocycles. The van der Waals surface area contributed by atoms with E-state index in [1.165, 1.54) is 16.7 Å². The van der Waals surface area contributed by atoms with Crippen LogP contribution in [0, 0.1) is 13.8 Å². The van der Waals surface area contributed by atoms with Gasteiger partial charge in [-0.25, -0.2) is 4.98 Å². The zero-order valence-corrected chi connectivity index (χ0v) is 10.6. The lowest BCUT2D eigenvalue weighted by molar-refractivity contribution is 0.649. The van der Waals surface area contributed by atoms with Gasteiger partial charge in [0.15, 0.2) is 5.82 Å². The molecule has 17 heavy (non-hydrogen) atoms. The third-order valence-corrected chi connectivity index (χ3v) is 2.54. The Morgan fingerprint density at radius 2 is 1.82 bits per heavy atom. The van der Waals surface area contributed by atoms with E-state index >= 15 is 0 Å². The third kappa shape index (κ3) is 3.39. The Bertz CT molecular complexity index is 482. The van der Waals surface area contributed by atoms with Crippen LogP contribution in [0.3, 0.4) is 0 Å². The number of nitrogens with zero attached hydrogens (tertiary/aromatic N) is 3. The van der Waals surface area contributed by atoms with Crippen molar-refractivity contribution in [3.63, 3.8) is 0 Å². The molecule has 1 aromatic carbocycles. The molecule has 0 radical (unpaired) electrons. The van der Waals surface area contributed by atoms with Gasteiger partial charge in [-0.1, -0.05) is 29.3 Å². The highest BCUT2D eigenvalue weighted by atomic mass is 15.3. The van der Waals surface area contributed by atoms with E-state index in [9.17, 15) is 0 Å². The highest BCUT2D eigenvalue weighted by molar-refractivity contribution is 5.28. The Balaban J connectivity index is 1.89. The van der Waals surface area contributed by atoms with E-state index in [0.717, 1.165) is 12.4 Å². The summed E-state index contributed by atoms with van der Waals surface area (Å²) >= 11 is 0. The van der Waals surface area contributed by atoms with Gasteiger partial charge in [0, 0.05) is 13.6 Å². The quantitative estimate of drug-likeness (QED) is 0.869. The summed E-state index contributed by atoms with van der Waals surface area (Å²) in [5.74, 6) is 0.830. The first-order valence-electron chi connectivity index (χ1n) is 5.76. The molecule has 90 valence electrons. The van der Waals surface area contributed by atoms with E-state index < -0.39 is 0 Å². The molecule has 4 nitrogen and oxygen atoms in total. The molecule has 0 spiro atoms. The number of nitrogens with one attached hydrogen (secondary N) is 1. The van der Waals surface area contributed by atoms with Crippen LogP contribution in [-0.4, -0.2) is 14.8 Å². The van der Waals surface area contributed by atoms with E-state index in [0.29, 0.717) is 6.54 Å². The summed E-state index contributed by atoms with van der Waals surface area (Å²) in [6.45, 7) is 5.79. The SMILES string of the molecule is Cc1cc(C)cc(CNCc2ncn(C)n2)c1. The summed E-state index contributed by atoms with van der Waals surface area (Å²) < 4.78 is 1.72. The minimum Gasteiger partial charge on any atom is -0.306 e. The molecule has 2 rings (SSSR count). The number of rotatable bonds is 4. The van der Waals surface area contributed by atoms with E-state index in [-0.39, 0.29) is 0 Å². The van der Waals surface area contributed by atoms with Gasteiger partial charge in [-0.3, -0.25) is 4.68 Å². The normalized spacial score (nSPS) is 10.8. The molecule has 2 aromatic rings. The molecule has 0 amide bonds. The van der Waals surface area contributed by atoms with Crippen LogP contribution in [0.1, 0.15) is 22.5 Å². The van der Waals surface area contributed by atoms with Gasteiger partial charge in [-0.15, -0.1) is 0 Å². The molecular formula is C13H18N4. The predicted octanol–water partition coefficient (Wildman–Crippen LogP) is 1.72. The van der Waals surface area contributed by atoms with E-state index in [4.69, 9.17) is 0 Å². The van der Waals surface area contributed by atoms with Crippen molar-refractivity contribution in [1.82, 2.24) is 20.1 Å². The lowest BCUT2D eigenvalue weighted by Crippen LogP contribution is -2.14. The predicted molar refractivity (Wildman–Crippen MR) is 67.5 cm³/mol. The molecule has 0 aliphatic rings. The molecule has 0 atom stereocenters. The van der Waals surface area contributed by atoms with E-state index in [1.807, 2.05) is 7.05 Å². The van der Waals surface area contributed by atoms with E-state index in [1.54, 1.807) is 11.0 Å². The van der Waals surface area contributed by atoms with Crippen LogP contribution in [0.2, 0.25) is 0 Å². The van der Waals surface area contributed by atoms with Gasteiger partial charge in [0.2, 0.25) is 0 Å². The fourth-order valence-electron chi connectivity index (χ4n) is 1.95. The van der Waals surface area contributed by atoms with Crippen LogP contribution in [0.4, 0.5) is 0 Å². The van der Waals surface area contributed by atoms with Crippen molar-refractivity contribution in [2.75, 3.05) is 0 Å². The second kappa shape index (κ2) is 5.10. The van der Waals surface area contributed by atoms with Crippen molar-refractivity contribution in [3.8, 4) is 0 Å². The van der Waals surface area contributed by atoms with Gasteiger partial charge in [0.1, 0.15) is 6.33 Å². The second-order valence-corrected chi connectivity index (χ2v) is 4.43. The molecule has 0 fully saturated rings. The fraction of sp³-hybridized carbons (Fsp3) is 0.385. The molecule has 4 heteroatoms. The van der Waals surface area contributed by atoms with Crippen molar-refractivity contribution in [1.29, 1.82) is 0 Å². The highest BCUT2D eigenvalue weighted by Crippen LogP contribution is 2.08. The first-order chi connectivity index (χ1) is 8.13. The Morgan fingerprint density at radius 1 is 1.12 bits per heavy atom. The minimum absolute atomic E-state index is 0.702. The number of aryl methyl sites for hydroxylation is 3. The maximum absolute atomic E-state index is 4.22. The second-order valence-electron chi connectivity index (χ2n) is 4.43. The van der Waals surface area contributed by atoms with Crippen molar-refractivity contribution in [2.45, 2.75) is 26.9 Å². The minimum atomic E-state index is 0.702. The lowest BCUT2D eigenvalue weighted by atomic mass is 10.1. The zero-order chi connectivity index (χ0) is 12.3. The Kier molecular flexibility index (Phi) is 3.54. The van der Waals surface area contributed by atoms with Crippen molar-refractivity contribution in [3.05, 3.63) is 47.0 Å².